The zero-order valence-corrected chi connectivity index (χ0v) is 10.5. The molecule has 1 N–H and O–H groups in total. The monoisotopic (exact) mass is 291 g/mol. The highest BCUT2D eigenvalue weighted by molar-refractivity contribution is 7.15. The Morgan fingerprint density at radius 3 is 2.47 bits per heavy atom. The smallest absolute Gasteiger partial charge is 0.353 e. The fraction of sp³-hybridized carbons (Fsp3) is 0.273. The highest BCUT2D eigenvalue weighted by Gasteiger charge is 2.35. The number of hydrogen-bond donors (Lipinski definition) is 1. The Labute approximate surface area is 110 Å². The van der Waals surface area contributed by atoms with Crippen LogP contribution < -0.4 is 5.32 Å². The number of aromatic nitrogens is 2. The number of rotatable bonds is 3. The molecule has 1 unspecified atom stereocenters. The van der Waals surface area contributed by atoms with Gasteiger partial charge in [0.25, 0.3) is 0 Å². The second kappa shape index (κ2) is 5.12. The van der Waals surface area contributed by atoms with Gasteiger partial charge in [-0.05, 0) is 13.0 Å². The summed E-state index contributed by atoms with van der Waals surface area (Å²) in [6, 6.07) is 5.53. The van der Waals surface area contributed by atoms with Crippen LogP contribution in [-0.4, -0.2) is 10.2 Å². The summed E-state index contributed by atoms with van der Waals surface area (Å²) in [5.41, 5.74) is 0.353. The van der Waals surface area contributed by atoms with Crippen molar-refractivity contribution >= 4 is 16.5 Å². The lowest BCUT2D eigenvalue weighted by molar-refractivity contribution is -0.138. The van der Waals surface area contributed by atoms with Gasteiger partial charge >= 0.3 is 6.18 Å². The summed E-state index contributed by atoms with van der Waals surface area (Å²) >= 11 is 0.388. The molecule has 1 aromatic carbocycles. The number of nitrogens with zero attached hydrogens (tertiary/aromatic N) is 2. The van der Waals surface area contributed by atoms with Crippen LogP contribution in [0.2, 0.25) is 0 Å². The van der Waals surface area contributed by atoms with Crippen molar-refractivity contribution in [1.29, 1.82) is 0 Å². The molecule has 0 aliphatic heterocycles. The number of anilines is 1. The molecular weight excluding hydrogens is 282 g/mol. The lowest BCUT2D eigenvalue weighted by Gasteiger charge is -2.13. The summed E-state index contributed by atoms with van der Waals surface area (Å²) in [4.78, 5) is 0. The van der Waals surface area contributed by atoms with E-state index in [9.17, 15) is 17.6 Å². The quantitative estimate of drug-likeness (QED) is 0.872. The lowest BCUT2D eigenvalue weighted by atomic mass is 10.1. The van der Waals surface area contributed by atoms with Gasteiger partial charge in [0.1, 0.15) is 5.82 Å². The van der Waals surface area contributed by atoms with Crippen LogP contribution in [0.5, 0.6) is 0 Å². The van der Waals surface area contributed by atoms with Crippen molar-refractivity contribution in [2.45, 2.75) is 19.1 Å². The van der Waals surface area contributed by atoms with Crippen LogP contribution in [-0.2, 0) is 6.18 Å². The summed E-state index contributed by atoms with van der Waals surface area (Å²) < 4.78 is 50.5. The number of benzene rings is 1. The molecule has 0 saturated carbocycles. The molecule has 0 fully saturated rings. The SMILES string of the molecule is CC(Nc1nnc(C(F)(F)F)s1)c1ccccc1F. The topological polar surface area (TPSA) is 37.8 Å². The lowest BCUT2D eigenvalue weighted by Crippen LogP contribution is -2.08. The van der Waals surface area contributed by atoms with E-state index >= 15 is 0 Å². The third kappa shape index (κ3) is 3.19. The zero-order chi connectivity index (χ0) is 14.0. The molecule has 0 aliphatic rings. The van der Waals surface area contributed by atoms with Crippen LogP contribution >= 0.6 is 11.3 Å². The number of hydrogen-bond acceptors (Lipinski definition) is 4. The van der Waals surface area contributed by atoms with Crippen molar-refractivity contribution in [2.24, 2.45) is 0 Å². The maximum atomic E-state index is 13.5. The largest absolute Gasteiger partial charge is 0.445 e. The molecule has 3 nitrogen and oxygen atoms in total. The maximum Gasteiger partial charge on any atom is 0.445 e. The fourth-order valence-electron chi connectivity index (χ4n) is 1.49. The Morgan fingerprint density at radius 2 is 1.89 bits per heavy atom. The van der Waals surface area contributed by atoms with Gasteiger partial charge in [-0.1, -0.05) is 29.5 Å². The Kier molecular flexibility index (Phi) is 3.70. The third-order valence-electron chi connectivity index (χ3n) is 2.38. The van der Waals surface area contributed by atoms with Crippen LogP contribution in [0.1, 0.15) is 23.5 Å². The molecule has 2 rings (SSSR count). The predicted octanol–water partition coefficient (Wildman–Crippen LogP) is 3.87. The van der Waals surface area contributed by atoms with E-state index in [0.29, 0.717) is 16.9 Å². The van der Waals surface area contributed by atoms with Crippen molar-refractivity contribution in [2.75, 3.05) is 5.32 Å². The van der Waals surface area contributed by atoms with Crippen molar-refractivity contribution < 1.29 is 17.6 Å². The van der Waals surface area contributed by atoms with Crippen molar-refractivity contribution in [3.8, 4) is 0 Å². The molecule has 8 heteroatoms. The van der Waals surface area contributed by atoms with E-state index in [1.807, 2.05) is 0 Å². The maximum absolute atomic E-state index is 13.5. The van der Waals surface area contributed by atoms with E-state index in [2.05, 4.69) is 15.5 Å². The molecule has 1 heterocycles. The van der Waals surface area contributed by atoms with Gasteiger partial charge in [-0.15, -0.1) is 10.2 Å². The summed E-state index contributed by atoms with van der Waals surface area (Å²) in [6.07, 6.45) is -4.52. The van der Waals surface area contributed by atoms with Crippen molar-refractivity contribution in [3.05, 3.63) is 40.7 Å². The van der Waals surface area contributed by atoms with Crippen LogP contribution in [0.25, 0.3) is 0 Å². The minimum absolute atomic E-state index is 0.00285. The molecule has 0 radical (unpaired) electrons. The first-order valence-electron chi connectivity index (χ1n) is 5.29. The molecule has 0 amide bonds. The first-order valence-corrected chi connectivity index (χ1v) is 6.11. The number of alkyl halides is 3. The molecule has 2 aromatic rings. The van der Waals surface area contributed by atoms with Gasteiger partial charge in [-0.25, -0.2) is 4.39 Å². The molecular formula is C11H9F4N3S. The van der Waals surface area contributed by atoms with Crippen LogP contribution in [0.4, 0.5) is 22.7 Å². The first kappa shape index (κ1) is 13.7. The minimum atomic E-state index is -4.52. The summed E-state index contributed by atoms with van der Waals surface area (Å²) in [5.74, 6) is -0.428. The molecule has 0 saturated heterocycles. The standard InChI is InChI=1S/C11H9F4N3S/c1-6(7-4-2-3-5-8(7)12)16-10-18-17-9(19-10)11(13,14)15/h2-6H,1H3,(H,16,18). The first-order chi connectivity index (χ1) is 8.88. The second-order valence-corrected chi connectivity index (χ2v) is 4.78. The summed E-state index contributed by atoms with van der Waals surface area (Å²) in [6.45, 7) is 1.63. The van der Waals surface area contributed by atoms with E-state index < -0.39 is 23.0 Å². The fourth-order valence-corrected chi connectivity index (χ4v) is 2.18. The van der Waals surface area contributed by atoms with Crippen LogP contribution in [0, 0.1) is 5.82 Å². The van der Waals surface area contributed by atoms with Crippen LogP contribution in [0.3, 0.4) is 0 Å². The molecule has 0 bridgehead atoms. The van der Waals surface area contributed by atoms with E-state index in [-0.39, 0.29) is 5.13 Å². The normalized spacial score (nSPS) is 13.3. The van der Waals surface area contributed by atoms with Gasteiger partial charge in [0, 0.05) is 5.56 Å². The highest BCUT2D eigenvalue weighted by atomic mass is 32.1. The average molecular weight is 291 g/mol. The molecule has 19 heavy (non-hydrogen) atoms. The Hall–Kier alpha value is -1.70. The van der Waals surface area contributed by atoms with E-state index in [1.54, 1.807) is 19.1 Å². The van der Waals surface area contributed by atoms with Gasteiger partial charge in [0.05, 0.1) is 6.04 Å². The average Bonchev–Trinajstić information content (AvgIpc) is 2.77. The van der Waals surface area contributed by atoms with E-state index in [0.717, 1.165) is 0 Å². The summed E-state index contributed by atoms with van der Waals surface area (Å²) in [5, 5.41) is 8.10. The van der Waals surface area contributed by atoms with Gasteiger partial charge in [0.15, 0.2) is 0 Å². The Morgan fingerprint density at radius 1 is 1.21 bits per heavy atom. The Balaban J connectivity index is 2.14. The summed E-state index contributed by atoms with van der Waals surface area (Å²) in [7, 11) is 0. The van der Waals surface area contributed by atoms with Crippen molar-refractivity contribution in [1.82, 2.24) is 10.2 Å². The number of halogens is 4. The molecule has 0 aliphatic carbocycles. The van der Waals surface area contributed by atoms with Gasteiger partial charge in [-0.3, -0.25) is 0 Å². The molecule has 102 valence electrons. The van der Waals surface area contributed by atoms with E-state index in [1.165, 1.54) is 12.1 Å². The van der Waals surface area contributed by atoms with Gasteiger partial charge < -0.3 is 5.32 Å². The Bertz CT molecular complexity index is 567. The molecule has 1 aromatic heterocycles. The second-order valence-electron chi connectivity index (χ2n) is 3.80. The van der Waals surface area contributed by atoms with Gasteiger partial charge in [-0.2, -0.15) is 13.2 Å². The highest BCUT2D eigenvalue weighted by Crippen LogP contribution is 2.34. The van der Waals surface area contributed by atoms with Gasteiger partial charge in [0.2, 0.25) is 10.1 Å². The molecule has 0 spiro atoms. The van der Waals surface area contributed by atoms with Crippen molar-refractivity contribution in [3.63, 3.8) is 0 Å². The number of nitrogens with one attached hydrogen (secondary N) is 1. The molecule has 1 atom stereocenters. The van der Waals surface area contributed by atoms with Crippen LogP contribution in [0.15, 0.2) is 24.3 Å². The predicted molar refractivity (Wildman–Crippen MR) is 63.3 cm³/mol. The van der Waals surface area contributed by atoms with E-state index in [4.69, 9.17) is 0 Å². The minimum Gasteiger partial charge on any atom is -0.353 e. The zero-order valence-electron chi connectivity index (χ0n) is 9.70. The third-order valence-corrected chi connectivity index (χ3v) is 3.28.